The van der Waals surface area contributed by atoms with Gasteiger partial charge in [-0.15, -0.1) is 5.10 Å². The van der Waals surface area contributed by atoms with Crippen molar-refractivity contribution in [3.05, 3.63) is 83.2 Å². The van der Waals surface area contributed by atoms with Crippen molar-refractivity contribution in [1.29, 1.82) is 5.26 Å². The number of hydrogen-bond donors (Lipinski definition) is 2. The highest BCUT2D eigenvalue weighted by Gasteiger charge is 2.34. The smallest absolute Gasteiger partial charge is 0.244 e. The molecule has 4 rings (SSSR count). The molecule has 1 aromatic heterocycles. The highest BCUT2D eigenvalue weighted by Crippen LogP contribution is 2.44. The molecule has 1 atom stereocenters. The average Bonchev–Trinajstić information content (AvgIpc) is 3.10. The van der Waals surface area contributed by atoms with Gasteiger partial charge in [-0.1, -0.05) is 60.7 Å². The topological polar surface area (TPSA) is 87.7 Å². The summed E-state index contributed by atoms with van der Waals surface area (Å²) in [6, 6.07) is 22.4. The van der Waals surface area contributed by atoms with Crippen LogP contribution < -0.4 is 10.5 Å². The lowest BCUT2D eigenvalue weighted by Crippen LogP contribution is -2.20. The monoisotopic (exact) mass is 342 g/mol. The number of aryl methyl sites for hydroxylation is 1. The number of nitrogens with two attached hydrogens (primary N) is 1. The van der Waals surface area contributed by atoms with Crippen molar-refractivity contribution in [3.8, 4) is 23.2 Å². The minimum absolute atomic E-state index is 0.143. The van der Waals surface area contributed by atoms with Gasteiger partial charge in [0, 0.05) is 5.92 Å². The Labute approximate surface area is 151 Å². The Hall–Kier alpha value is -3.52. The fourth-order valence-electron chi connectivity index (χ4n) is 3.41. The summed E-state index contributed by atoms with van der Waals surface area (Å²) < 4.78 is 5.61. The first-order valence-electron chi connectivity index (χ1n) is 8.53. The number of nitriles is 1. The molecule has 5 heteroatoms. The van der Waals surface area contributed by atoms with E-state index < -0.39 is 0 Å². The molecule has 0 spiro atoms. The second kappa shape index (κ2) is 6.77. The Kier molecular flexibility index (Phi) is 4.16. The second-order valence-corrected chi connectivity index (χ2v) is 6.25. The van der Waals surface area contributed by atoms with E-state index in [1.54, 1.807) is 0 Å². The Bertz CT molecular complexity index is 984. The van der Waals surface area contributed by atoms with E-state index in [9.17, 15) is 5.26 Å². The number of fused-ring (bicyclic) bond motifs is 1. The van der Waals surface area contributed by atoms with Gasteiger partial charge in [-0.25, -0.2) is 0 Å². The number of nitrogens with zero attached hydrogens (tertiary/aromatic N) is 2. The van der Waals surface area contributed by atoms with Crippen LogP contribution in [0.5, 0.6) is 5.88 Å². The number of rotatable bonds is 4. The Morgan fingerprint density at radius 3 is 2.46 bits per heavy atom. The number of aromatic amines is 1. The highest BCUT2D eigenvalue weighted by molar-refractivity contribution is 5.68. The van der Waals surface area contributed by atoms with Crippen molar-refractivity contribution in [2.75, 3.05) is 0 Å². The molecule has 0 aliphatic carbocycles. The summed E-state index contributed by atoms with van der Waals surface area (Å²) in [7, 11) is 0. The van der Waals surface area contributed by atoms with Gasteiger partial charge in [0.15, 0.2) is 0 Å². The van der Waals surface area contributed by atoms with Crippen molar-refractivity contribution < 1.29 is 4.74 Å². The van der Waals surface area contributed by atoms with Crippen LogP contribution in [0.1, 0.15) is 23.5 Å². The third kappa shape index (κ3) is 2.82. The van der Waals surface area contributed by atoms with Gasteiger partial charge in [-0.3, -0.25) is 5.10 Å². The summed E-state index contributed by atoms with van der Waals surface area (Å²) >= 11 is 0. The number of hydrogen-bond acceptors (Lipinski definition) is 4. The molecule has 0 radical (unpaired) electrons. The number of allylic oxidation sites excluding steroid dienone is 1. The van der Waals surface area contributed by atoms with E-state index >= 15 is 0 Å². The summed E-state index contributed by atoms with van der Waals surface area (Å²) in [4.78, 5) is 0. The van der Waals surface area contributed by atoms with Crippen molar-refractivity contribution in [3.63, 3.8) is 0 Å². The zero-order chi connectivity index (χ0) is 17.9. The molecule has 0 saturated heterocycles. The van der Waals surface area contributed by atoms with E-state index in [1.165, 1.54) is 5.56 Å². The van der Waals surface area contributed by atoms with E-state index in [2.05, 4.69) is 28.4 Å². The first kappa shape index (κ1) is 16.0. The van der Waals surface area contributed by atoms with Crippen LogP contribution in [0.2, 0.25) is 0 Å². The van der Waals surface area contributed by atoms with E-state index in [1.807, 2.05) is 48.5 Å². The van der Waals surface area contributed by atoms with Crippen LogP contribution >= 0.6 is 0 Å². The molecule has 3 N–H and O–H groups in total. The van der Waals surface area contributed by atoms with E-state index in [4.69, 9.17) is 10.5 Å². The predicted molar refractivity (Wildman–Crippen MR) is 99.0 cm³/mol. The minimum atomic E-state index is -0.155. The van der Waals surface area contributed by atoms with E-state index in [0.29, 0.717) is 11.5 Å². The molecule has 0 saturated carbocycles. The van der Waals surface area contributed by atoms with Crippen LogP contribution in [0.4, 0.5) is 0 Å². The second-order valence-electron chi connectivity index (χ2n) is 6.25. The Morgan fingerprint density at radius 1 is 1.08 bits per heavy atom. The molecule has 26 heavy (non-hydrogen) atoms. The quantitative estimate of drug-likeness (QED) is 0.753. The van der Waals surface area contributed by atoms with Gasteiger partial charge in [0.25, 0.3) is 0 Å². The molecule has 2 heterocycles. The number of ether oxygens (including phenoxy) is 1. The zero-order valence-corrected chi connectivity index (χ0v) is 14.1. The predicted octanol–water partition coefficient (Wildman–Crippen LogP) is 3.88. The van der Waals surface area contributed by atoms with Crippen molar-refractivity contribution >= 4 is 0 Å². The van der Waals surface area contributed by atoms with Crippen LogP contribution in [0.15, 0.2) is 72.1 Å². The summed E-state index contributed by atoms with van der Waals surface area (Å²) in [5.74, 6) is 0.445. The van der Waals surface area contributed by atoms with Gasteiger partial charge in [0.2, 0.25) is 11.8 Å². The van der Waals surface area contributed by atoms with Crippen LogP contribution in [0, 0.1) is 11.3 Å². The van der Waals surface area contributed by atoms with E-state index in [-0.39, 0.29) is 11.8 Å². The van der Waals surface area contributed by atoms with Crippen LogP contribution in [-0.2, 0) is 6.42 Å². The third-order valence-electron chi connectivity index (χ3n) is 4.69. The van der Waals surface area contributed by atoms with Crippen LogP contribution in [0.25, 0.3) is 11.3 Å². The summed E-state index contributed by atoms with van der Waals surface area (Å²) in [6.07, 6.45) is 1.59. The third-order valence-corrected chi connectivity index (χ3v) is 4.69. The van der Waals surface area contributed by atoms with Gasteiger partial charge >= 0.3 is 0 Å². The maximum absolute atomic E-state index is 9.66. The van der Waals surface area contributed by atoms with E-state index in [0.717, 1.165) is 29.7 Å². The van der Waals surface area contributed by atoms with Crippen molar-refractivity contribution in [2.45, 2.75) is 18.8 Å². The molecular weight excluding hydrogens is 324 g/mol. The standard InChI is InChI=1S/C21H18N4O/c22-13-17-16(12-11-14-7-3-1-4-8-14)18-19(15-9-5-2-6-10-15)24-25-21(18)26-20(17)23/h1-10,16H,11-12,23H2,(H,24,25). The number of aromatic nitrogens is 2. The van der Waals surface area contributed by atoms with Gasteiger partial charge < -0.3 is 10.5 Å². The molecule has 1 unspecified atom stereocenters. The minimum Gasteiger partial charge on any atom is -0.420 e. The SMILES string of the molecule is N#CC1=C(N)Oc2n[nH]c(-c3ccccc3)c2C1CCc1ccccc1. The van der Waals surface area contributed by atoms with Crippen LogP contribution in [-0.4, -0.2) is 10.2 Å². The molecule has 1 aliphatic rings. The first-order chi connectivity index (χ1) is 12.8. The lowest BCUT2D eigenvalue weighted by Gasteiger charge is -2.23. The molecule has 3 aromatic rings. The summed E-state index contributed by atoms with van der Waals surface area (Å²) in [5.41, 5.74) is 10.5. The van der Waals surface area contributed by atoms with Gasteiger partial charge in [-0.05, 0) is 24.0 Å². The molecule has 1 aliphatic heterocycles. The fourth-order valence-corrected chi connectivity index (χ4v) is 3.41. The lowest BCUT2D eigenvalue weighted by atomic mass is 9.84. The molecule has 0 amide bonds. The number of benzene rings is 2. The van der Waals surface area contributed by atoms with Crippen molar-refractivity contribution in [1.82, 2.24) is 10.2 Å². The van der Waals surface area contributed by atoms with Gasteiger partial charge in [0.05, 0.1) is 16.8 Å². The molecule has 2 aromatic carbocycles. The fraction of sp³-hybridized carbons (Fsp3) is 0.143. The molecule has 128 valence electrons. The largest absolute Gasteiger partial charge is 0.420 e. The average molecular weight is 342 g/mol. The number of nitrogens with one attached hydrogen (secondary N) is 1. The molecular formula is C21H18N4O. The molecule has 5 nitrogen and oxygen atoms in total. The van der Waals surface area contributed by atoms with Crippen LogP contribution in [0.3, 0.4) is 0 Å². The summed E-state index contributed by atoms with van der Waals surface area (Å²) in [6.45, 7) is 0. The number of H-pyrrole nitrogens is 1. The maximum atomic E-state index is 9.66. The Morgan fingerprint density at radius 2 is 1.77 bits per heavy atom. The zero-order valence-electron chi connectivity index (χ0n) is 14.1. The normalized spacial score (nSPS) is 15.9. The molecule has 0 fully saturated rings. The lowest BCUT2D eigenvalue weighted by molar-refractivity contribution is 0.371. The van der Waals surface area contributed by atoms with Crippen molar-refractivity contribution in [2.24, 2.45) is 5.73 Å². The van der Waals surface area contributed by atoms with Gasteiger partial charge in [0.1, 0.15) is 6.07 Å². The first-order valence-corrected chi connectivity index (χ1v) is 8.53. The summed E-state index contributed by atoms with van der Waals surface area (Å²) in [5, 5.41) is 17.0. The molecule has 0 bridgehead atoms. The Balaban J connectivity index is 1.74. The maximum Gasteiger partial charge on any atom is 0.244 e. The highest BCUT2D eigenvalue weighted by atomic mass is 16.5. The van der Waals surface area contributed by atoms with Gasteiger partial charge in [-0.2, -0.15) is 5.26 Å².